The van der Waals surface area contributed by atoms with Crippen LogP contribution in [0.5, 0.6) is 0 Å². The summed E-state index contributed by atoms with van der Waals surface area (Å²) in [6.45, 7) is 1.10. The van der Waals surface area contributed by atoms with E-state index in [1.807, 2.05) is 6.07 Å². The number of rotatable bonds is 3. The van der Waals surface area contributed by atoms with Gasteiger partial charge in [0.25, 0.3) is 5.91 Å². The first kappa shape index (κ1) is 12.0. The van der Waals surface area contributed by atoms with Crippen molar-refractivity contribution in [1.29, 1.82) is 0 Å². The van der Waals surface area contributed by atoms with E-state index < -0.39 is 0 Å². The number of aliphatic imine (C=N–C) groups is 1. The van der Waals surface area contributed by atoms with Gasteiger partial charge in [-0.2, -0.15) is 0 Å². The van der Waals surface area contributed by atoms with Crippen LogP contribution in [0.1, 0.15) is 16.8 Å². The van der Waals surface area contributed by atoms with Crippen molar-refractivity contribution in [3.05, 3.63) is 34.3 Å². The molecule has 0 fully saturated rings. The average molecular weight is 295 g/mol. The highest BCUT2D eigenvalue weighted by Crippen LogP contribution is 2.13. The zero-order valence-electron chi connectivity index (χ0n) is 9.07. The molecule has 1 aliphatic rings. The van der Waals surface area contributed by atoms with Crippen molar-refractivity contribution in [1.82, 2.24) is 5.32 Å². The number of amides is 1. The lowest BCUT2D eigenvalue weighted by atomic mass is 10.0. The number of carbonyl (C=O) groups excluding carboxylic acids is 2. The van der Waals surface area contributed by atoms with E-state index in [0.29, 0.717) is 24.4 Å². The number of hydrogen-bond acceptors (Lipinski definition) is 3. The van der Waals surface area contributed by atoms with Crippen molar-refractivity contribution in [2.24, 2.45) is 4.99 Å². The van der Waals surface area contributed by atoms with Gasteiger partial charge in [-0.25, -0.2) is 0 Å². The van der Waals surface area contributed by atoms with Crippen molar-refractivity contribution >= 4 is 33.3 Å². The van der Waals surface area contributed by atoms with Crippen LogP contribution in [0.2, 0.25) is 0 Å². The molecule has 5 heteroatoms. The molecule has 0 aromatic heterocycles. The van der Waals surface area contributed by atoms with E-state index in [1.54, 1.807) is 18.2 Å². The Hall–Kier alpha value is -1.49. The van der Waals surface area contributed by atoms with E-state index in [2.05, 4.69) is 26.2 Å². The quantitative estimate of drug-likeness (QED) is 0.861. The first-order chi connectivity index (χ1) is 8.16. The smallest absolute Gasteiger partial charge is 0.265 e. The number of hydrogen-bond donors (Lipinski definition) is 1. The Balaban J connectivity index is 2.11. The first-order valence-corrected chi connectivity index (χ1v) is 6.06. The van der Waals surface area contributed by atoms with Crippen LogP contribution in [0.4, 0.5) is 0 Å². The number of benzene rings is 1. The van der Waals surface area contributed by atoms with Crippen LogP contribution in [-0.4, -0.2) is 30.5 Å². The van der Waals surface area contributed by atoms with Crippen LogP contribution in [-0.2, 0) is 4.79 Å². The molecule has 1 amide bonds. The Morgan fingerprint density at radius 3 is 3.00 bits per heavy atom. The molecule has 1 aromatic rings. The summed E-state index contributed by atoms with van der Waals surface area (Å²) in [5.41, 5.74) is 0.904. The maximum absolute atomic E-state index is 11.9. The van der Waals surface area contributed by atoms with E-state index in [0.717, 1.165) is 4.47 Å². The van der Waals surface area contributed by atoms with Crippen molar-refractivity contribution < 1.29 is 9.59 Å². The zero-order chi connectivity index (χ0) is 12.3. The minimum absolute atomic E-state index is 0.0578. The van der Waals surface area contributed by atoms with Crippen molar-refractivity contribution in [3.8, 4) is 0 Å². The Kier molecular flexibility index (Phi) is 3.68. The number of Topliss-reactive ketones (excluding diaryl/α,β-unsaturated/α-hetero) is 1. The molecule has 0 bridgehead atoms. The molecule has 2 rings (SSSR count). The van der Waals surface area contributed by atoms with Crippen LogP contribution in [0, 0.1) is 0 Å². The third-order valence-corrected chi connectivity index (χ3v) is 2.93. The summed E-state index contributed by atoms with van der Waals surface area (Å²) in [6.07, 6.45) is 0.0578. The van der Waals surface area contributed by atoms with Crippen molar-refractivity contribution in [2.75, 3.05) is 13.1 Å². The minimum atomic E-state index is -0.236. The Labute approximate surface area is 107 Å². The molecular weight excluding hydrogens is 284 g/mol. The summed E-state index contributed by atoms with van der Waals surface area (Å²) < 4.78 is 0.846. The lowest BCUT2D eigenvalue weighted by Crippen LogP contribution is -2.38. The molecule has 1 aliphatic heterocycles. The average Bonchev–Trinajstić information content (AvgIpc) is 2.32. The molecule has 0 unspecified atom stereocenters. The second kappa shape index (κ2) is 5.23. The molecule has 0 radical (unpaired) electrons. The molecule has 0 saturated carbocycles. The van der Waals surface area contributed by atoms with Crippen LogP contribution in [0.25, 0.3) is 0 Å². The number of carbonyl (C=O) groups is 2. The summed E-state index contributed by atoms with van der Waals surface area (Å²) >= 11 is 3.31. The molecule has 1 heterocycles. The zero-order valence-corrected chi connectivity index (χ0v) is 10.7. The number of nitrogens with one attached hydrogen (secondary N) is 1. The van der Waals surface area contributed by atoms with E-state index in [-0.39, 0.29) is 18.1 Å². The summed E-state index contributed by atoms with van der Waals surface area (Å²) in [5.74, 6) is -0.332. The van der Waals surface area contributed by atoms with Gasteiger partial charge in [-0.05, 0) is 12.1 Å². The molecule has 1 aromatic carbocycles. The van der Waals surface area contributed by atoms with Gasteiger partial charge in [0.05, 0.1) is 13.0 Å². The highest BCUT2D eigenvalue weighted by molar-refractivity contribution is 9.10. The van der Waals surface area contributed by atoms with Crippen molar-refractivity contribution in [3.63, 3.8) is 0 Å². The Morgan fingerprint density at radius 1 is 1.47 bits per heavy atom. The molecular formula is C12H11BrN2O2. The largest absolute Gasteiger partial charge is 0.349 e. The van der Waals surface area contributed by atoms with Crippen molar-refractivity contribution in [2.45, 2.75) is 6.42 Å². The first-order valence-electron chi connectivity index (χ1n) is 5.27. The molecule has 4 nitrogen and oxygen atoms in total. The van der Waals surface area contributed by atoms with Crippen LogP contribution < -0.4 is 5.32 Å². The van der Waals surface area contributed by atoms with Gasteiger partial charge in [0, 0.05) is 16.6 Å². The van der Waals surface area contributed by atoms with Gasteiger partial charge in [-0.3, -0.25) is 14.6 Å². The number of nitrogens with zero attached hydrogens (tertiary/aromatic N) is 1. The SMILES string of the molecule is O=C1NCCN=C1CC(=O)c1cccc(Br)c1. The summed E-state index contributed by atoms with van der Waals surface area (Å²) in [6, 6.07) is 7.11. The second-order valence-corrected chi connectivity index (χ2v) is 4.61. The molecule has 17 heavy (non-hydrogen) atoms. The highest BCUT2D eigenvalue weighted by Gasteiger charge is 2.18. The summed E-state index contributed by atoms with van der Waals surface area (Å²) in [7, 11) is 0. The van der Waals surface area contributed by atoms with Gasteiger partial charge in [0.1, 0.15) is 5.71 Å². The van der Waals surface area contributed by atoms with Gasteiger partial charge in [-0.1, -0.05) is 28.1 Å². The third-order valence-electron chi connectivity index (χ3n) is 2.44. The fourth-order valence-electron chi connectivity index (χ4n) is 1.59. The van der Waals surface area contributed by atoms with Gasteiger partial charge < -0.3 is 5.32 Å². The van der Waals surface area contributed by atoms with E-state index in [4.69, 9.17) is 0 Å². The van der Waals surface area contributed by atoms with Gasteiger partial charge in [0.15, 0.2) is 5.78 Å². The number of halogens is 1. The topological polar surface area (TPSA) is 58.5 Å². The van der Waals surface area contributed by atoms with Gasteiger partial charge in [0.2, 0.25) is 0 Å². The van der Waals surface area contributed by atoms with E-state index in [1.165, 1.54) is 0 Å². The molecule has 0 atom stereocenters. The highest BCUT2D eigenvalue weighted by atomic mass is 79.9. The Morgan fingerprint density at radius 2 is 2.29 bits per heavy atom. The fraction of sp³-hybridized carbons (Fsp3) is 0.250. The standard InChI is InChI=1S/C12H11BrN2O2/c13-9-3-1-2-8(6-9)11(16)7-10-12(17)15-5-4-14-10/h1-3,6H,4-5,7H2,(H,15,17). The van der Waals surface area contributed by atoms with Crippen LogP contribution >= 0.6 is 15.9 Å². The predicted molar refractivity (Wildman–Crippen MR) is 68.4 cm³/mol. The fourth-order valence-corrected chi connectivity index (χ4v) is 1.99. The third kappa shape index (κ3) is 3.00. The van der Waals surface area contributed by atoms with Gasteiger partial charge in [-0.15, -0.1) is 0 Å². The maximum atomic E-state index is 11.9. The molecule has 0 aliphatic carbocycles. The molecule has 0 saturated heterocycles. The maximum Gasteiger partial charge on any atom is 0.265 e. The van der Waals surface area contributed by atoms with E-state index in [9.17, 15) is 9.59 Å². The van der Waals surface area contributed by atoms with E-state index >= 15 is 0 Å². The molecule has 88 valence electrons. The lowest BCUT2D eigenvalue weighted by molar-refractivity contribution is -0.115. The molecule has 0 spiro atoms. The minimum Gasteiger partial charge on any atom is -0.349 e. The normalized spacial score (nSPS) is 15.1. The predicted octanol–water partition coefficient (Wildman–Crippen LogP) is 1.59. The summed E-state index contributed by atoms with van der Waals surface area (Å²) in [5, 5.41) is 2.67. The lowest BCUT2D eigenvalue weighted by Gasteiger charge is -2.12. The molecule has 1 N–H and O–H groups in total. The summed E-state index contributed by atoms with van der Waals surface area (Å²) in [4.78, 5) is 27.4. The van der Waals surface area contributed by atoms with Crippen LogP contribution in [0.15, 0.2) is 33.7 Å². The monoisotopic (exact) mass is 294 g/mol. The van der Waals surface area contributed by atoms with Crippen LogP contribution in [0.3, 0.4) is 0 Å². The second-order valence-electron chi connectivity index (χ2n) is 3.69. The Bertz CT molecular complexity index is 497. The number of ketones is 1. The van der Waals surface area contributed by atoms with Gasteiger partial charge >= 0.3 is 0 Å².